The molecule has 1 aliphatic rings. The van der Waals surface area contributed by atoms with Gasteiger partial charge in [-0.25, -0.2) is 4.98 Å². The zero-order valence-electron chi connectivity index (χ0n) is 24.8. The van der Waals surface area contributed by atoms with Crippen LogP contribution in [0.15, 0.2) is 156 Å². The van der Waals surface area contributed by atoms with Crippen LogP contribution in [0.3, 0.4) is 0 Å². The number of nitrogens with zero attached hydrogens (tertiary/aromatic N) is 1. The van der Waals surface area contributed by atoms with Crippen LogP contribution in [0.1, 0.15) is 0 Å². The highest BCUT2D eigenvalue weighted by molar-refractivity contribution is 6.09. The standard InChI is InChI=1S/C42H27NO3/c1-3-10-27(11-4-1)37-23-31(24-38(43-37)28-12-5-2-6-13-28)29-19-21-39-36(22-29)34-20-18-30(25-41(34)45-26-44-39)32-15-9-16-35-33-14-7-8-17-40(33)46-42(32)35/h1-25H,26H2. The Morgan fingerprint density at radius 1 is 0.413 bits per heavy atom. The van der Waals surface area contributed by atoms with E-state index in [0.29, 0.717) is 0 Å². The van der Waals surface area contributed by atoms with Gasteiger partial charge in [0.1, 0.15) is 22.7 Å². The van der Waals surface area contributed by atoms with E-state index in [4.69, 9.17) is 18.9 Å². The summed E-state index contributed by atoms with van der Waals surface area (Å²) in [7, 11) is 0. The predicted octanol–water partition coefficient (Wildman–Crippen LogP) is 11.0. The molecule has 0 spiro atoms. The molecular weight excluding hydrogens is 566 g/mol. The second-order valence-corrected chi connectivity index (χ2v) is 11.5. The third-order valence-electron chi connectivity index (χ3n) is 8.69. The summed E-state index contributed by atoms with van der Waals surface area (Å²) in [4.78, 5) is 5.06. The first-order valence-electron chi connectivity index (χ1n) is 15.4. The highest BCUT2D eigenvalue weighted by Gasteiger charge is 2.20. The zero-order valence-corrected chi connectivity index (χ0v) is 24.8. The summed E-state index contributed by atoms with van der Waals surface area (Å²) in [6.45, 7) is 0.128. The average Bonchev–Trinajstić information content (AvgIpc) is 3.41. The molecule has 9 rings (SSSR count). The van der Waals surface area contributed by atoms with Crippen LogP contribution < -0.4 is 9.47 Å². The number of benzene rings is 6. The Morgan fingerprint density at radius 2 is 1.09 bits per heavy atom. The second kappa shape index (κ2) is 10.8. The molecule has 6 aromatic carbocycles. The Labute approximate surface area is 266 Å². The van der Waals surface area contributed by atoms with Crippen LogP contribution in [0.4, 0.5) is 0 Å². The number of furan rings is 1. The molecule has 46 heavy (non-hydrogen) atoms. The molecule has 2 aromatic heterocycles. The first-order chi connectivity index (χ1) is 22.8. The molecule has 4 nitrogen and oxygen atoms in total. The third kappa shape index (κ3) is 4.51. The van der Waals surface area contributed by atoms with Gasteiger partial charge < -0.3 is 13.9 Å². The lowest BCUT2D eigenvalue weighted by Crippen LogP contribution is -2.03. The summed E-state index contributed by atoms with van der Waals surface area (Å²) in [5.74, 6) is 1.56. The lowest BCUT2D eigenvalue weighted by molar-refractivity contribution is 0.125. The normalized spacial score (nSPS) is 12.2. The van der Waals surface area contributed by atoms with Crippen molar-refractivity contribution in [3.05, 3.63) is 152 Å². The predicted molar refractivity (Wildman–Crippen MR) is 185 cm³/mol. The molecule has 0 aliphatic carbocycles. The molecule has 0 saturated heterocycles. The van der Waals surface area contributed by atoms with Gasteiger partial charge in [0.2, 0.25) is 6.79 Å². The molecule has 8 aromatic rings. The minimum absolute atomic E-state index is 0.128. The molecule has 0 bridgehead atoms. The van der Waals surface area contributed by atoms with Gasteiger partial charge in [-0.2, -0.15) is 0 Å². The smallest absolute Gasteiger partial charge is 0.230 e. The van der Waals surface area contributed by atoms with E-state index in [9.17, 15) is 0 Å². The molecule has 0 unspecified atom stereocenters. The number of para-hydroxylation sites is 2. The van der Waals surface area contributed by atoms with Gasteiger partial charge >= 0.3 is 0 Å². The second-order valence-electron chi connectivity index (χ2n) is 11.5. The average molecular weight is 594 g/mol. The van der Waals surface area contributed by atoms with Gasteiger partial charge in [0.15, 0.2) is 0 Å². The van der Waals surface area contributed by atoms with Crippen molar-refractivity contribution in [1.82, 2.24) is 4.98 Å². The highest BCUT2D eigenvalue weighted by atomic mass is 16.7. The van der Waals surface area contributed by atoms with E-state index in [1.54, 1.807) is 0 Å². The quantitative estimate of drug-likeness (QED) is 0.204. The van der Waals surface area contributed by atoms with E-state index in [-0.39, 0.29) is 6.79 Å². The molecule has 0 fully saturated rings. The van der Waals surface area contributed by atoms with Crippen molar-refractivity contribution in [1.29, 1.82) is 0 Å². The largest absolute Gasteiger partial charge is 0.457 e. The monoisotopic (exact) mass is 593 g/mol. The molecule has 0 radical (unpaired) electrons. The van der Waals surface area contributed by atoms with Crippen molar-refractivity contribution in [2.45, 2.75) is 0 Å². The van der Waals surface area contributed by atoms with Crippen molar-refractivity contribution in [2.24, 2.45) is 0 Å². The lowest BCUT2D eigenvalue weighted by atomic mass is 9.94. The number of aromatic nitrogens is 1. The fourth-order valence-corrected chi connectivity index (χ4v) is 6.42. The van der Waals surface area contributed by atoms with Crippen LogP contribution >= 0.6 is 0 Å². The minimum atomic E-state index is 0.128. The zero-order chi connectivity index (χ0) is 30.5. The van der Waals surface area contributed by atoms with Crippen LogP contribution in [0, 0.1) is 0 Å². The van der Waals surface area contributed by atoms with Crippen molar-refractivity contribution >= 4 is 21.9 Å². The first kappa shape index (κ1) is 26.3. The third-order valence-corrected chi connectivity index (χ3v) is 8.69. The summed E-state index contributed by atoms with van der Waals surface area (Å²) in [5, 5.41) is 2.21. The van der Waals surface area contributed by atoms with E-state index in [1.165, 1.54) is 0 Å². The molecule has 0 amide bonds. The van der Waals surface area contributed by atoms with Crippen molar-refractivity contribution < 1.29 is 13.9 Å². The maximum absolute atomic E-state index is 6.34. The fraction of sp³-hybridized carbons (Fsp3) is 0.0238. The van der Waals surface area contributed by atoms with Crippen LogP contribution in [-0.4, -0.2) is 11.8 Å². The van der Waals surface area contributed by atoms with Gasteiger partial charge in [-0.1, -0.05) is 109 Å². The Hall–Kier alpha value is -6.13. The van der Waals surface area contributed by atoms with Gasteiger partial charge in [-0.05, 0) is 59.2 Å². The molecule has 218 valence electrons. The Morgan fingerprint density at radius 3 is 1.87 bits per heavy atom. The number of rotatable bonds is 4. The number of fused-ring (bicyclic) bond motifs is 6. The molecular formula is C42H27NO3. The summed E-state index contributed by atoms with van der Waals surface area (Å²) < 4.78 is 18.7. The topological polar surface area (TPSA) is 44.5 Å². The maximum Gasteiger partial charge on any atom is 0.230 e. The van der Waals surface area contributed by atoms with Gasteiger partial charge in [-0.3, -0.25) is 0 Å². The van der Waals surface area contributed by atoms with Gasteiger partial charge in [-0.15, -0.1) is 0 Å². The summed E-state index contributed by atoms with van der Waals surface area (Å²) >= 11 is 0. The Bertz CT molecular complexity index is 2340. The number of hydrogen-bond acceptors (Lipinski definition) is 4. The Kier molecular flexibility index (Phi) is 6.17. The number of ether oxygens (including phenoxy) is 2. The SMILES string of the molecule is c1ccc(-c2cc(-c3ccc4c(c3)-c3ccc(-c5cccc6c5oc5ccccc56)cc3OCO4)cc(-c3ccccc3)n2)cc1. The van der Waals surface area contributed by atoms with E-state index in [0.717, 1.165) is 89.3 Å². The van der Waals surface area contributed by atoms with E-state index in [2.05, 4.69) is 91.0 Å². The highest BCUT2D eigenvalue weighted by Crippen LogP contribution is 2.44. The molecule has 0 N–H and O–H groups in total. The van der Waals surface area contributed by atoms with E-state index >= 15 is 0 Å². The van der Waals surface area contributed by atoms with Crippen LogP contribution in [-0.2, 0) is 0 Å². The lowest BCUT2D eigenvalue weighted by Gasteiger charge is -2.13. The molecule has 1 aliphatic heterocycles. The number of hydrogen-bond donors (Lipinski definition) is 0. The van der Waals surface area contributed by atoms with Crippen molar-refractivity contribution in [3.8, 4) is 67.4 Å². The Balaban J connectivity index is 1.17. The van der Waals surface area contributed by atoms with Crippen molar-refractivity contribution in [3.63, 3.8) is 0 Å². The van der Waals surface area contributed by atoms with Gasteiger partial charge in [0.05, 0.1) is 11.4 Å². The summed E-state index contributed by atoms with van der Waals surface area (Å²) in [6, 6.07) is 52.1. The minimum Gasteiger partial charge on any atom is -0.457 e. The molecule has 4 heteroatoms. The van der Waals surface area contributed by atoms with E-state index < -0.39 is 0 Å². The van der Waals surface area contributed by atoms with Crippen LogP contribution in [0.5, 0.6) is 11.5 Å². The van der Waals surface area contributed by atoms with Gasteiger partial charge in [0, 0.05) is 38.6 Å². The van der Waals surface area contributed by atoms with Gasteiger partial charge in [0.25, 0.3) is 0 Å². The van der Waals surface area contributed by atoms with E-state index in [1.807, 2.05) is 60.7 Å². The first-order valence-corrected chi connectivity index (χ1v) is 15.4. The summed E-state index contributed by atoms with van der Waals surface area (Å²) in [6.07, 6.45) is 0. The molecule has 0 saturated carbocycles. The molecule has 3 heterocycles. The number of pyridine rings is 1. The molecule has 0 atom stereocenters. The van der Waals surface area contributed by atoms with Crippen LogP contribution in [0.25, 0.3) is 77.8 Å². The van der Waals surface area contributed by atoms with Crippen molar-refractivity contribution in [2.75, 3.05) is 6.79 Å². The fourth-order valence-electron chi connectivity index (χ4n) is 6.42. The van der Waals surface area contributed by atoms with Crippen LogP contribution in [0.2, 0.25) is 0 Å². The summed E-state index contributed by atoms with van der Waals surface area (Å²) in [5.41, 5.74) is 11.9. The maximum atomic E-state index is 6.34.